The Morgan fingerprint density at radius 2 is 1.94 bits per heavy atom. The van der Waals surface area contributed by atoms with Gasteiger partial charge in [0.2, 0.25) is 0 Å². The Morgan fingerprint density at radius 3 is 2.44 bits per heavy atom. The number of likely N-dealkylation sites (N-methyl/N-ethyl adjacent to an activating group) is 1. The first kappa shape index (κ1) is 13.9. The van der Waals surface area contributed by atoms with Gasteiger partial charge in [0, 0.05) is 25.2 Å². The van der Waals surface area contributed by atoms with Crippen LogP contribution >= 0.6 is 0 Å². The number of rotatable bonds is 6. The molecule has 1 aliphatic carbocycles. The van der Waals surface area contributed by atoms with Crippen LogP contribution in [0.25, 0.3) is 0 Å². The monoisotopic (exact) mass is 228 g/mol. The molecule has 0 aliphatic heterocycles. The molecule has 3 nitrogen and oxygen atoms in total. The van der Waals surface area contributed by atoms with Gasteiger partial charge in [-0.05, 0) is 26.3 Å². The van der Waals surface area contributed by atoms with Gasteiger partial charge < -0.3 is 10.5 Å². The Morgan fingerprint density at radius 1 is 1.31 bits per heavy atom. The molecule has 1 rings (SSSR count). The maximum atomic E-state index is 6.49. The van der Waals surface area contributed by atoms with E-state index in [1.807, 2.05) is 0 Å². The average Bonchev–Trinajstić information content (AvgIpc) is 2.27. The van der Waals surface area contributed by atoms with Crippen molar-refractivity contribution in [2.75, 3.05) is 26.8 Å². The predicted molar refractivity (Wildman–Crippen MR) is 68.6 cm³/mol. The Labute approximate surface area is 100 Å². The highest BCUT2D eigenvalue weighted by Crippen LogP contribution is 2.27. The van der Waals surface area contributed by atoms with Crippen LogP contribution in [-0.2, 0) is 4.74 Å². The fourth-order valence-electron chi connectivity index (χ4n) is 2.74. The molecule has 0 spiro atoms. The maximum absolute atomic E-state index is 6.49. The van der Waals surface area contributed by atoms with Crippen LogP contribution in [0.1, 0.15) is 46.0 Å². The molecule has 1 unspecified atom stereocenters. The summed E-state index contributed by atoms with van der Waals surface area (Å²) in [6, 6.07) is 0.470. The average molecular weight is 228 g/mol. The van der Waals surface area contributed by atoms with E-state index in [2.05, 4.69) is 18.7 Å². The molecule has 0 amide bonds. The summed E-state index contributed by atoms with van der Waals surface area (Å²) in [7, 11) is 1.77. The summed E-state index contributed by atoms with van der Waals surface area (Å²) in [6.45, 7) is 7.30. The molecule has 2 N–H and O–H groups in total. The first-order valence-electron chi connectivity index (χ1n) is 6.63. The quantitative estimate of drug-likeness (QED) is 0.756. The lowest BCUT2D eigenvalue weighted by molar-refractivity contribution is 0.0780. The van der Waals surface area contributed by atoms with E-state index >= 15 is 0 Å². The third-order valence-electron chi connectivity index (χ3n) is 3.80. The van der Waals surface area contributed by atoms with Crippen molar-refractivity contribution in [3.63, 3.8) is 0 Å². The van der Waals surface area contributed by atoms with Gasteiger partial charge >= 0.3 is 0 Å². The van der Waals surface area contributed by atoms with E-state index in [0.29, 0.717) is 6.04 Å². The molecule has 0 aromatic carbocycles. The van der Waals surface area contributed by atoms with E-state index in [-0.39, 0.29) is 5.54 Å². The minimum absolute atomic E-state index is 0.0518. The SMILES string of the molecule is CCN(CC1(N)CCCCC1)C(C)COC. The lowest BCUT2D eigenvalue weighted by Gasteiger charge is -2.40. The fourth-order valence-corrected chi connectivity index (χ4v) is 2.74. The van der Waals surface area contributed by atoms with Gasteiger partial charge in [0.05, 0.1) is 6.61 Å². The molecule has 96 valence electrons. The van der Waals surface area contributed by atoms with Crippen LogP contribution in [0.4, 0.5) is 0 Å². The molecular weight excluding hydrogens is 200 g/mol. The Kier molecular flexibility index (Phi) is 5.73. The Bertz CT molecular complexity index is 190. The number of ether oxygens (including phenoxy) is 1. The predicted octanol–water partition coefficient (Wildman–Crippen LogP) is 2.00. The van der Waals surface area contributed by atoms with Crippen molar-refractivity contribution in [1.29, 1.82) is 0 Å². The largest absolute Gasteiger partial charge is 0.383 e. The maximum Gasteiger partial charge on any atom is 0.0615 e. The molecule has 0 aromatic rings. The van der Waals surface area contributed by atoms with Crippen LogP contribution < -0.4 is 5.73 Å². The molecule has 1 atom stereocenters. The minimum atomic E-state index is 0.0518. The van der Waals surface area contributed by atoms with Crippen molar-refractivity contribution < 1.29 is 4.74 Å². The molecule has 0 bridgehead atoms. The molecule has 0 heterocycles. The minimum Gasteiger partial charge on any atom is -0.383 e. The van der Waals surface area contributed by atoms with Crippen molar-refractivity contribution in [2.45, 2.75) is 57.5 Å². The molecule has 3 heteroatoms. The molecule has 0 radical (unpaired) electrons. The van der Waals surface area contributed by atoms with Crippen molar-refractivity contribution in [3.05, 3.63) is 0 Å². The van der Waals surface area contributed by atoms with Crippen molar-refractivity contribution in [1.82, 2.24) is 4.90 Å². The van der Waals surface area contributed by atoms with Crippen LogP contribution in [0.5, 0.6) is 0 Å². The number of methoxy groups -OCH3 is 1. The second kappa shape index (κ2) is 6.58. The van der Waals surface area contributed by atoms with Crippen LogP contribution in [-0.4, -0.2) is 43.3 Å². The standard InChI is InChI=1S/C13H28N2O/c1-4-15(12(2)10-16-3)11-13(14)8-6-5-7-9-13/h12H,4-11,14H2,1-3H3. The third-order valence-corrected chi connectivity index (χ3v) is 3.80. The number of nitrogens with two attached hydrogens (primary N) is 1. The van der Waals surface area contributed by atoms with Gasteiger partial charge in [0.1, 0.15) is 0 Å². The topological polar surface area (TPSA) is 38.5 Å². The molecule has 0 saturated heterocycles. The second-order valence-corrected chi connectivity index (χ2v) is 5.29. The zero-order valence-corrected chi connectivity index (χ0v) is 11.2. The van der Waals surface area contributed by atoms with Gasteiger partial charge in [-0.15, -0.1) is 0 Å². The van der Waals surface area contributed by atoms with Gasteiger partial charge in [0.15, 0.2) is 0 Å². The summed E-state index contributed by atoms with van der Waals surface area (Å²) in [4.78, 5) is 2.45. The highest BCUT2D eigenvalue weighted by Gasteiger charge is 2.30. The molecular formula is C13H28N2O. The second-order valence-electron chi connectivity index (χ2n) is 5.29. The van der Waals surface area contributed by atoms with Crippen LogP contribution in [0, 0.1) is 0 Å². The molecule has 1 fully saturated rings. The highest BCUT2D eigenvalue weighted by atomic mass is 16.5. The van der Waals surface area contributed by atoms with Crippen LogP contribution in [0.15, 0.2) is 0 Å². The third kappa shape index (κ3) is 4.04. The fraction of sp³-hybridized carbons (Fsp3) is 1.00. The van der Waals surface area contributed by atoms with Crippen LogP contribution in [0.2, 0.25) is 0 Å². The van der Waals surface area contributed by atoms with Crippen LogP contribution in [0.3, 0.4) is 0 Å². The van der Waals surface area contributed by atoms with Gasteiger partial charge in [0.25, 0.3) is 0 Å². The van der Waals surface area contributed by atoms with Gasteiger partial charge in [-0.1, -0.05) is 26.2 Å². The smallest absolute Gasteiger partial charge is 0.0615 e. The zero-order valence-electron chi connectivity index (χ0n) is 11.2. The Balaban J connectivity index is 2.47. The lowest BCUT2D eigenvalue weighted by Crippen LogP contribution is -2.54. The van der Waals surface area contributed by atoms with Crippen molar-refractivity contribution in [3.8, 4) is 0 Å². The summed E-state index contributed by atoms with van der Waals surface area (Å²) >= 11 is 0. The summed E-state index contributed by atoms with van der Waals surface area (Å²) in [5.41, 5.74) is 6.54. The molecule has 0 aromatic heterocycles. The number of nitrogens with zero attached hydrogens (tertiary/aromatic N) is 1. The molecule has 16 heavy (non-hydrogen) atoms. The molecule has 1 saturated carbocycles. The van der Waals surface area contributed by atoms with E-state index < -0.39 is 0 Å². The number of hydrogen-bond acceptors (Lipinski definition) is 3. The first-order valence-corrected chi connectivity index (χ1v) is 6.63. The Hall–Kier alpha value is -0.120. The van der Waals surface area contributed by atoms with E-state index in [0.717, 1.165) is 19.7 Å². The van der Waals surface area contributed by atoms with E-state index in [1.165, 1.54) is 32.1 Å². The van der Waals surface area contributed by atoms with Crippen molar-refractivity contribution in [2.24, 2.45) is 5.73 Å². The van der Waals surface area contributed by atoms with Crippen molar-refractivity contribution >= 4 is 0 Å². The summed E-state index contributed by atoms with van der Waals surface area (Å²) < 4.78 is 5.23. The van der Waals surface area contributed by atoms with E-state index in [4.69, 9.17) is 10.5 Å². The lowest BCUT2D eigenvalue weighted by atomic mass is 9.82. The van der Waals surface area contributed by atoms with Gasteiger partial charge in [-0.2, -0.15) is 0 Å². The van der Waals surface area contributed by atoms with Gasteiger partial charge in [-0.25, -0.2) is 0 Å². The molecule has 1 aliphatic rings. The first-order chi connectivity index (χ1) is 7.61. The summed E-state index contributed by atoms with van der Waals surface area (Å²) in [6.07, 6.45) is 6.32. The summed E-state index contributed by atoms with van der Waals surface area (Å²) in [5.74, 6) is 0. The van der Waals surface area contributed by atoms with Gasteiger partial charge in [-0.3, -0.25) is 4.90 Å². The summed E-state index contributed by atoms with van der Waals surface area (Å²) in [5, 5.41) is 0. The van der Waals surface area contributed by atoms with E-state index in [9.17, 15) is 0 Å². The zero-order chi connectivity index (χ0) is 12.0. The number of hydrogen-bond donors (Lipinski definition) is 1. The highest BCUT2D eigenvalue weighted by molar-refractivity contribution is 4.91. The normalized spacial score (nSPS) is 22.3. The van der Waals surface area contributed by atoms with E-state index in [1.54, 1.807) is 7.11 Å².